The lowest BCUT2D eigenvalue weighted by atomic mass is 10.1. The van der Waals surface area contributed by atoms with E-state index < -0.39 is 10.0 Å². The Kier molecular flexibility index (Phi) is 6.39. The van der Waals surface area contributed by atoms with Gasteiger partial charge in [0.25, 0.3) is 5.91 Å². The van der Waals surface area contributed by atoms with Crippen LogP contribution in [0, 0.1) is 0 Å². The zero-order valence-electron chi connectivity index (χ0n) is 15.3. The molecule has 0 spiro atoms. The molecule has 1 amide bonds. The van der Waals surface area contributed by atoms with E-state index in [0.717, 1.165) is 5.56 Å². The fourth-order valence-corrected chi connectivity index (χ4v) is 4.14. The Hall–Kier alpha value is -2.38. The molecule has 6 nitrogen and oxygen atoms in total. The van der Waals surface area contributed by atoms with Gasteiger partial charge >= 0.3 is 0 Å². The van der Waals surface area contributed by atoms with E-state index in [1.807, 2.05) is 20.8 Å². The summed E-state index contributed by atoms with van der Waals surface area (Å²) in [6.45, 7) is 6.31. The van der Waals surface area contributed by atoms with Crippen molar-refractivity contribution in [2.45, 2.75) is 31.7 Å². The van der Waals surface area contributed by atoms with Gasteiger partial charge in [0.2, 0.25) is 10.0 Å². The summed E-state index contributed by atoms with van der Waals surface area (Å²) >= 11 is 0. The Morgan fingerprint density at radius 2 is 1.73 bits per heavy atom. The molecule has 140 valence electrons. The molecule has 0 aromatic heterocycles. The standard InChI is InChI=1S/C19H25N3O3S/c1-4-22(5-2)26(24,25)18-11-9-15(10-12-18)14(3)21-19(23)16-7-6-8-17(20)13-16/h6-14H,4-5,20H2,1-3H3,(H,21,23). The van der Waals surface area contributed by atoms with E-state index in [4.69, 9.17) is 5.73 Å². The molecule has 7 heteroatoms. The Morgan fingerprint density at radius 3 is 2.27 bits per heavy atom. The van der Waals surface area contributed by atoms with Crippen LogP contribution in [0.15, 0.2) is 53.4 Å². The predicted molar refractivity (Wildman–Crippen MR) is 103 cm³/mol. The molecule has 2 rings (SSSR count). The fraction of sp³-hybridized carbons (Fsp3) is 0.316. The van der Waals surface area contributed by atoms with E-state index in [0.29, 0.717) is 24.3 Å². The van der Waals surface area contributed by atoms with Crippen molar-refractivity contribution in [3.05, 3.63) is 59.7 Å². The van der Waals surface area contributed by atoms with Crippen molar-refractivity contribution in [2.24, 2.45) is 0 Å². The van der Waals surface area contributed by atoms with Gasteiger partial charge in [-0.05, 0) is 42.8 Å². The zero-order valence-corrected chi connectivity index (χ0v) is 16.1. The molecule has 3 N–H and O–H groups in total. The second-order valence-corrected chi connectivity index (χ2v) is 7.92. The van der Waals surface area contributed by atoms with Crippen molar-refractivity contribution >= 4 is 21.6 Å². The topological polar surface area (TPSA) is 92.5 Å². The van der Waals surface area contributed by atoms with Gasteiger partial charge in [-0.25, -0.2) is 8.42 Å². The highest BCUT2D eigenvalue weighted by molar-refractivity contribution is 7.89. The van der Waals surface area contributed by atoms with Crippen molar-refractivity contribution in [2.75, 3.05) is 18.8 Å². The maximum atomic E-state index is 12.5. The normalized spacial score (nSPS) is 12.8. The summed E-state index contributed by atoms with van der Waals surface area (Å²) in [5, 5.41) is 2.89. The Morgan fingerprint density at radius 1 is 1.12 bits per heavy atom. The third-order valence-electron chi connectivity index (χ3n) is 4.22. The molecule has 26 heavy (non-hydrogen) atoms. The van der Waals surface area contributed by atoms with Gasteiger partial charge in [-0.15, -0.1) is 0 Å². The third kappa shape index (κ3) is 4.42. The molecule has 0 saturated heterocycles. The quantitative estimate of drug-likeness (QED) is 0.728. The van der Waals surface area contributed by atoms with Crippen LogP contribution in [0.1, 0.15) is 42.7 Å². The molecule has 2 aromatic rings. The highest BCUT2D eigenvalue weighted by atomic mass is 32.2. The van der Waals surface area contributed by atoms with Gasteiger partial charge in [-0.1, -0.05) is 32.0 Å². The van der Waals surface area contributed by atoms with Crippen molar-refractivity contribution in [3.63, 3.8) is 0 Å². The molecule has 0 aliphatic heterocycles. The van der Waals surface area contributed by atoms with Gasteiger partial charge in [0.1, 0.15) is 0 Å². The molecule has 0 bridgehead atoms. The molecule has 1 atom stereocenters. The molecule has 1 unspecified atom stereocenters. The summed E-state index contributed by atoms with van der Waals surface area (Å²) in [5.74, 6) is -0.232. The summed E-state index contributed by atoms with van der Waals surface area (Å²) in [7, 11) is -3.48. The summed E-state index contributed by atoms with van der Waals surface area (Å²) in [5.41, 5.74) is 7.53. The molecule has 0 radical (unpaired) electrons. The third-order valence-corrected chi connectivity index (χ3v) is 6.28. The molecular formula is C19H25N3O3S. The number of nitrogens with two attached hydrogens (primary N) is 1. The average Bonchev–Trinajstić information content (AvgIpc) is 2.62. The number of carbonyl (C=O) groups excluding carboxylic acids is 1. The van der Waals surface area contributed by atoms with Gasteiger partial charge < -0.3 is 11.1 Å². The SMILES string of the molecule is CCN(CC)S(=O)(=O)c1ccc(C(C)NC(=O)c2cccc(N)c2)cc1. The van der Waals surface area contributed by atoms with Crippen LogP contribution in [0.3, 0.4) is 0 Å². The number of rotatable bonds is 7. The summed E-state index contributed by atoms with van der Waals surface area (Å²) in [6, 6.07) is 13.1. The van der Waals surface area contributed by atoms with Crippen molar-refractivity contribution < 1.29 is 13.2 Å². The van der Waals surface area contributed by atoms with Crippen LogP contribution >= 0.6 is 0 Å². The van der Waals surface area contributed by atoms with Gasteiger partial charge in [0.15, 0.2) is 0 Å². The van der Waals surface area contributed by atoms with E-state index in [1.54, 1.807) is 48.5 Å². The van der Waals surface area contributed by atoms with Gasteiger partial charge in [0, 0.05) is 24.3 Å². The number of hydrogen-bond donors (Lipinski definition) is 2. The second kappa shape index (κ2) is 8.33. The first kappa shape index (κ1) is 19.9. The molecule has 0 saturated carbocycles. The van der Waals surface area contributed by atoms with Crippen molar-refractivity contribution in [3.8, 4) is 0 Å². The first-order chi connectivity index (χ1) is 12.3. The summed E-state index contributed by atoms with van der Waals surface area (Å²) < 4.78 is 26.4. The first-order valence-electron chi connectivity index (χ1n) is 8.56. The number of benzene rings is 2. The molecule has 0 aliphatic rings. The first-order valence-corrected chi connectivity index (χ1v) is 10.00. The number of sulfonamides is 1. The summed E-state index contributed by atoms with van der Waals surface area (Å²) in [6.07, 6.45) is 0. The van der Waals surface area contributed by atoms with Crippen LogP contribution in [0.5, 0.6) is 0 Å². The van der Waals surface area contributed by atoms with E-state index in [9.17, 15) is 13.2 Å². The molecule has 2 aromatic carbocycles. The van der Waals surface area contributed by atoms with Crippen LogP contribution < -0.4 is 11.1 Å². The number of carbonyl (C=O) groups is 1. The number of amides is 1. The van der Waals surface area contributed by atoms with Crippen LogP contribution in [-0.4, -0.2) is 31.7 Å². The minimum atomic E-state index is -3.48. The van der Waals surface area contributed by atoms with Gasteiger partial charge in [-0.3, -0.25) is 4.79 Å². The lowest BCUT2D eigenvalue weighted by Crippen LogP contribution is -2.30. The largest absolute Gasteiger partial charge is 0.399 e. The number of anilines is 1. The number of nitrogen functional groups attached to an aromatic ring is 1. The summed E-state index contributed by atoms with van der Waals surface area (Å²) in [4.78, 5) is 12.6. The van der Waals surface area contributed by atoms with E-state index in [-0.39, 0.29) is 16.8 Å². The predicted octanol–water partition coefficient (Wildman–Crippen LogP) is 2.79. The Labute approximate surface area is 155 Å². The highest BCUT2D eigenvalue weighted by Gasteiger charge is 2.21. The van der Waals surface area contributed by atoms with Gasteiger partial charge in [0.05, 0.1) is 10.9 Å². The highest BCUT2D eigenvalue weighted by Crippen LogP contribution is 2.20. The number of nitrogens with one attached hydrogen (secondary N) is 1. The van der Waals surface area contributed by atoms with Gasteiger partial charge in [-0.2, -0.15) is 4.31 Å². The average molecular weight is 375 g/mol. The van der Waals surface area contributed by atoms with Crippen LogP contribution in [-0.2, 0) is 10.0 Å². The van der Waals surface area contributed by atoms with Crippen molar-refractivity contribution in [1.82, 2.24) is 9.62 Å². The molecular weight excluding hydrogens is 350 g/mol. The van der Waals surface area contributed by atoms with Crippen LogP contribution in [0.25, 0.3) is 0 Å². The molecule has 0 heterocycles. The smallest absolute Gasteiger partial charge is 0.251 e. The van der Waals surface area contributed by atoms with Crippen molar-refractivity contribution in [1.29, 1.82) is 0 Å². The van der Waals surface area contributed by atoms with Crippen LogP contribution in [0.2, 0.25) is 0 Å². The zero-order chi connectivity index (χ0) is 19.3. The molecule has 0 fully saturated rings. The number of hydrogen-bond acceptors (Lipinski definition) is 4. The molecule has 0 aliphatic carbocycles. The Balaban J connectivity index is 2.14. The second-order valence-electron chi connectivity index (χ2n) is 5.98. The maximum Gasteiger partial charge on any atom is 0.251 e. The lowest BCUT2D eigenvalue weighted by Gasteiger charge is -2.19. The lowest BCUT2D eigenvalue weighted by molar-refractivity contribution is 0.0940. The number of nitrogens with zero attached hydrogens (tertiary/aromatic N) is 1. The minimum Gasteiger partial charge on any atom is -0.399 e. The fourth-order valence-electron chi connectivity index (χ4n) is 2.68. The van der Waals surface area contributed by atoms with E-state index in [1.165, 1.54) is 4.31 Å². The monoisotopic (exact) mass is 375 g/mol. The minimum absolute atomic E-state index is 0.232. The maximum absolute atomic E-state index is 12.5. The van der Waals surface area contributed by atoms with E-state index in [2.05, 4.69) is 5.32 Å². The van der Waals surface area contributed by atoms with E-state index >= 15 is 0 Å². The van der Waals surface area contributed by atoms with Crippen LogP contribution in [0.4, 0.5) is 5.69 Å². The Bertz CT molecular complexity index is 860.